The summed E-state index contributed by atoms with van der Waals surface area (Å²) in [5, 5.41) is 56.5. The molecule has 1 aliphatic rings. The zero-order chi connectivity index (χ0) is 50.4. The minimum Gasteiger partial charge on any atom is -0.454 e. The minimum absolute atomic E-state index is 0.0600. The van der Waals surface area contributed by atoms with E-state index in [1.165, 1.54) is 77.0 Å². The number of rotatable bonds is 42. The number of amides is 1. The lowest BCUT2D eigenvalue weighted by Crippen LogP contribution is -2.61. The van der Waals surface area contributed by atoms with Crippen LogP contribution in [-0.2, 0) is 23.8 Å². The van der Waals surface area contributed by atoms with Crippen molar-refractivity contribution in [2.75, 3.05) is 13.2 Å². The van der Waals surface area contributed by atoms with Gasteiger partial charge in [0, 0.05) is 12.8 Å². The van der Waals surface area contributed by atoms with E-state index in [4.69, 9.17) is 14.2 Å². The molecule has 0 aromatic rings. The van der Waals surface area contributed by atoms with Gasteiger partial charge in [-0.05, 0) is 57.8 Å². The molecule has 1 saturated heterocycles. The zero-order valence-corrected chi connectivity index (χ0v) is 42.9. The fourth-order valence-electron chi connectivity index (χ4n) is 7.55. The van der Waals surface area contributed by atoms with E-state index >= 15 is 0 Å². The van der Waals surface area contributed by atoms with Crippen molar-refractivity contribution in [1.29, 1.82) is 0 Å². The SMILES string of the molecule is CC\C=C/C=C/C=C/C=C\C=C\C=C\CCCCCC(=O)OC1C(OCC(NC(=O)C(O)C/C=C/C/C=C\CCCCCCCC)C(O)/C=C/CCCCCCCCCCC)OC(CO)C(O)C1O. The zero-order valence-electron chi connectivity index (χ0n) is 42.9. The monoisotopic (exact) mass is 966 g/mol. The number of hydrogen-bond donors (Lipinski definition) is 6. The van der Waals surface area contributed by atoms with Crippen molar-refractivity contribution in [2.45, 2.75) is 230 Å². The van der Waals surface area contributed by atoms with Crippen LogP contribution >= 0.6 is 0 Å². The van der Waals surface area contributed by atoms with Crippen molar-refractivity contribution in [3.05, 3.63) is 109 Å². The average Bonchev–Trinajstić information content (AvgIpc) is 3.34. The summed E-state index contributed by atoms with van der Waals surface area (Å²) in [7, 11) is 0. The second-order valence-electron chi connectivity index (χ2n) is 18.0. The summed E-state index contributed by atoms with van der Waals surface area (Å²) < 4.78 is 17.4. The van der Waals surface area contributed by atoms with Crippen LogP contribution in [0, 0.1) is 0 Å². The molecular formula is C58H95NO10. The standard InChI is InChI=1S/C58H95NO10/c1-4-7-10-13-16-19-22-24-25-26-27-28-31-34-37-40-43-46-53(63)69-56-55(65)54(64)52(47-60)68-58(56)67-48-49(50(61)44-41-38-35-32-29-21-18-15-12-9-6-3)59-57(66)51(62)45-42-39-36-33-30-23-20-17-14-11-8-5-2/h7,10,13,16,19,22,24-28,30-31,33,39,41-42,44,49-52,54-56,58,60-62,64-65H,4-6,8-9,11-12,14-15,17-18,20-21,23,29,32,34-38,40,43,45-48H2,1-3H3,(H,59,66)/b10-7-,16-13+,22-19+,25-24-,27-26+,31-28+,33-30-,42-39+,44-41+. The highest BCUT2D eigenvalue weighted by Crippen LogP contribution is 2.26. The number of hydrogen-bond acceptors (Lipinski definition) is 10. The second-order valence-corrected chi connectivity index (χ2v) is 18.0. The molecule has 0 aromatic heterocycles. The first-order chi connectivity index (χ1) is 33.7. The van der Waals surface area contributed by atoms with Gasteiger partial charge in [-0.1, -0.05) is 220 Å². The molecule has 392 valence electrons. The number of nitrogens with one attached hydrogen (secondary N) is 1. The maximum absolute atomic E-state index is 13.3. The molecule has 0 saturated carbocycles. The quantitative estimate of drug-likeness (QED) is 0.0149. The lowest BCUT2D eigenvalue weighted by atomic mass is 9.99. The number of allylic oxidation sites excluding steroid dienone is 16. The molecule has 0 aliphatic carbocycles. The van der Waals surface area contributed by atoms with Crippen LogP contribution in [0.5, 0.6) is 0 Å². The van der Waals surface area contributed by atoms with E-state index in [0.717, 1.165) is 57.8 Å². The molecule has 1 amide bonds. The molecule has 8 unspecified atom stereocenters. The second kappa shape index (κ2) is 45.5. The molecule has 69 heavy (non-hydrogen) atoms. The number of ether oxygens (including phenoxy) is 3. The van der Waals surface area contributed by atoms with E-state index in [1.54, 1.807) is 12.2 Å². The molecule has 11 nitrogen and oxygen atoms in total. The van der Waals surface area contributed by atoms with Gasteiger partial charge in [-0.2, -0.15) is 0 Å². The molecule has 0 spiro atoms. The van der Waals surface area contributed by atoms with Gasteiger partial charge in [0.15, 0.2) is 12.4 Å². The van der Waals surface area contributed by atoms with Gasteiger partial charge in [0.25, 0.3) is 0 Å². The predicted octanol–water partition coefficient (Wildman–Crippen LogP) is 11.4. The molecule has 0 radical (unpaired) electrons. The Balaban J connectivity index is 2.83. The molecule has 0 aromatic carbocycles. The Hall–Kier alpha value is -3.68. The summed E-state index contributed by atoms with van der Waals surface area (Å²) in [6, 6.07) is -1.07. The molecule has 1 rings (SSSR count). The summed E-state index contributed by atoms with van der Waals surface area (Å²) in [6.07, 6.45) is 50.1. The van der Waals surface area contributed by atoms with Gasteiger partial charge in [-0.3, -0.25) is 9.59 Å². The third-order valence-corrected chi connectivity index (χ3v) is 11.8. The van der Waals surface area contributed by atoms with Crippen molar-refractivity contribution < 1.29 is 49.3 Å². The third kappa shape index (κ3) is 34.3. The lowest BCUT2D eigenvalue weighted by molar-refractivity contribution is -0.305. The van der Waals surface area contributed by atoms with Gasteiger partial charge >= 0.3 is 5.97 Å². The highest BCUT2D eigenvalue weighted by atomic mass is 16.7. The van der Waals surface area contributed by atoms with Crippen LogP contribution in [0.1, 0.15) is 181 Å². The molecule has 11 heteroatoms. The number of unbranched alkanes of at least 4 members (excludes halogenated alkanes) is 18. The summed E-state index contributed by atoms with van der Waals surface area (Å²) in [6.45, 7) is 5.52. The van der Waals surface area contributed by atoms with Crippen molar-refractivity contribution >= 4 is 11.9 Å². The normalized spacial score (nSPS) is 20.7. The first-order valence-electron chi connectivity index (χ1n) is 26.7. The van der Waals surface area contributed by atoms with E-state index < -0.39 is 67.4 Å². The van der Waals surface area contributed by atoms with Crippen LogP contribution in [0.4, 0.5) is 0 Å². The van der Waals surface area contributed by atoms with Gasteiger partial charge in [0.05, 0.1) is 25.4 Å². The Morgan fingerprint density at radius 2 is 1.10 bits per heavy atom. The van der Waals surface area contributed by atoms with Gasteiger partial charge in [-0.15, -0.1) is 0 Å². The Morgan fingerprint density at radius 3 is 1.68 bits per heavy atom. The van der Waals surface area contributed by atoms with Crippen LogP contribution in [0.3, 0.4) is 0 Å². The highest BCUT2D eigenvalue weighted by Gasteiger charge is 2.47. The van der Waals surface area contributed by atoms with Crippen LogP contribution in [0.15, 0.2) is 109 Å². The summed E-state index contributed by atoms with van der Waals surface area (Å²) in [5.41, 5.74) is 0. The first-order valence-corrected chi connectivity index (χ1v) is 26.7. The number of aliphatic hydroxyl groups is 5. The van der Waals surface area contributed by atoms with Crippen molar-refractivity contribution in [1.82, 2.24) is 5.32 Å². The highest BCUT2D eigenvalue weighted by molar-refractivity contribution is 5.81. The third-order valence-electron chi connectivity index (χ3n) is 11.8. The van der Waals surface area contributed by atoms with E-state index in [-0.39, 0.29) is 19.4 Å². The number of carbonyl (C=O) groups excluding carboxylic acids is 2. The number of aliphatic hydroxyl groups excluding tert-OH is 5. The topological polar surface area (TPSA) is 175 Å². The lowest BCUT2D eigenvalue weighted by Gasteiger charge is -2.41. The van der Waals surface area contributed by atoms with Crippen molar-refractivity contribution in [2.24, 2.45) is 0 Å². The Bertz CT molecular complexity index is 1530. The van der Waals surface area contributed by atoms with E-state index in [0.29, 0.717) is 12.8 Å². The predicted molar refractivity (Wildman–Crippen MR) is 282 cm³/mol. The van der Waals surface area contributed by atoms with Crippen molar-refractivity contribution in [3.63, 3.8) is 0 Å². The van der Waals surface area contributed by atoms with Crippen LogP contribution in [0.2, 0.25) is 0 Å². The minimum atomic E-state index is -1.65. The molecule has 0 bridgehead atoms. The summed E-state index contributed by atoms with van der Waals surface area (Å²) in [4.78, 5) is 26.3. The van der Waals surface area contributed by atoms with Gasteiger partial charge in [0.1, 0.15) is 24.4 Å². The van der Waals surface area contributed by atoms with Gasteiger partial charge in [-0.25, -0.2) is 0 Å². The molecular weight excluding hydrogens is 871 g/mol. The average molecular weight is 966 g/mol. The number of esters is 1. The number of carbonyl (C=O) groups is 2. The maximum Gasteiger partial charge on any atom is 0.306 e. The molecule has 6 N–H and O–H groups in total. The maximum atomic E-state index is 13.3. The first kappa shape index (κ1) is 63.3. The van der Waals surface area contributed by atoms with Gasteiger partial charge < -0.3 is 45.1 Å². The van der Waals surface area contributed by atoms with Gasteiger partial charge in [0.2, 0.25) is 5.91 Å². The molecule has 1 heterocycles. The summed E-state index contributed by atoms with van der Waals surface area (Å²) >= 11 is 0. The van der Waals surface area contributed by atoms with Crippen LogP contribution in [0.25, 0.3) is 0 Å². The molecule has 1 fully saturated rings. The van der Waals surface area contributed by atoms with E-state index in [2.05, 4.69) is 50.4 Å². The van der Waals surface area contributed by atoms with E-state index in [1.807, 2.05) is 72.9 Å². The summed E-state index contributed by atoms with van der Waals surface area (Å²) in [5.74, 6) is -1.33. The van der Waals surface area contributed by atoms with Crippen LogP contribution in [-0.4, -0.2) is 99.6 Å². The largest absolute Gasteiger partial charge is 0.454 e. The fourth-order valence-corrected chi connectivity index (χ4v) is 7.55. The fraction of sp³-hybridized carbons (Fsp3) is 0.655. The Labute approximate surface area is 418 Å². The molecule has 8 atom stereocenters. The van der Waals surface area contributed by atoms with E-state index in [9.17, 15) is 35.1 Å². The van der Waals surface area contributed by atoms with Crippen molar-refractivity contribution in [3.8, 4) is 0 Å². The molecule has 1 aliphatic heterocycles. The Morgan fingerprint density at radius 1 is 0.594 bits per heavy atom. The van der Waals surface area contributed by atoms with Crippen LogP contribution < -0.4 is 5.32 Å². The Kier molecular flexibility index (Phi) is 41.7. The smallest absolute Gasteiger partial charge is 0.306 e.